The van der Waals surface area contributed by atoms with Crippen LogP contribution in [0.2, 0.25) is 0 Å². The van der Waals surface area contributed by atoms with Crippen LogP contribution in [0.3, 0.4) is 0 Å². The molecule has 2 aliphatic rings. The molecule has 0 nitrogen and oxygen atoms in total. The van der Waals surface area contributed by atoms with E-state index in [4.69, 9.17) is 0 Å². The second-order valence-corrected chi connectivity index (χ2v) is 10.7. The fraction of sp³-hybridized carbons (Fsp3) is 0.105. The molecular formula is C19H16Zr. The number of hydrogen-bond donors (Lipinski definition) is 0. The molecule has 0 amide bonds. The maximum atomic E-state index is 4.62. The van der Waals surface area contributed by atoms with E-state index in [9.17, 15) is 0 Å². The number of fused-ring (bicyclic) bond motifs is 3. The number of allylic oxidation sites excluding steroid dienone is 4. The van der Waals surface area contributed by atoms with Crippen molar-refractivity contribution >= 4 is 7.48 Å². The minimum atomic E-state index is -1.87. The Labute approximate surface area is 127 Å². The van der Waals surface area contributed by atoms with Crippen LogP contribution >= 0.6 is 0 Å². The maximum absolute atomic E-state index is 4.62. The molecule has 2 aromatic rings. The van der Waals surface area contributed by atoms with E-state index >= 15 is 0 Å². The molecule has 0 bridgehead atoms. The van der Waals surface area contributed by atoms with E-state index in [1.54, 1.807) is 12.1 Å². The van der Waals surface area contributed by atoms with Gasteiger partial charge in [-0.15, -0.1) is 0 Å². The molecule has 1 heteroatoms. The molecule has 0 saturated carbocycles. The van der Waals surface area contributed by atoms with Crippen LogP contribution < -0.4 is 3.27 Å². The van der Waals surface area contributed by atoms with E-state index in [0.29, 0.717) is 0 Å². The fourth-order valence-electron chi connectivity index (χ4n) is 3.28. The van der Waals surface area contributed by atoms with E-state index in [2.05, 4.69) is 64.9 Å². The van der Waals surface area contributed by atoms with Crippen LogP contribution in [0, 0.1) is 0 Å². The summed E-state index contributed by atoms with van der Waals surface area (Å²) >= 11 is -1.87. The van der Waals surface area contributed by atoms with Crippen molar-refractivity contribution in [1.29, 1.82) is 0 Å². The van der Waals surface area contributed by atoms with Gasteiger partial charge in [-0.1, -0.05) is 0 Å². The standard InChI is InChI=1S/C13H9.C5H5.CH2.Zr/c1-3-7-12-10(5-1)9-11-6-2-4-8-13(11)12;1-2-4-5-3-1;;/h1-5,7-8H,9H2;1-3H,4H2;1H2;. The van der Waals surface area contributed by atoms with Gasteiger partial charge < -0.3 is 0 Å². The Hall–Kier alpha value is -1.33. The van der Waals surface area contributed by atoms with Crippen molar-refractivity contribution in [2.24, 2.45) is 0 Å². The molecule has 0 unspecified atom stereocenters. The molecule has 2 aliphatic carbocycles. The summed E-state index contributed by atoms with van der Waals surface area (Å²) in [5.41, 5.74) is 5.92. The van der Waals surface area contributed by atoms with Crippen LogP contribution in [0.5, 0.6) is 0 Å². The predicted octanol–water partition coefficient (Wildman–Crippen LogP) is 3.78. The summed E-state index contributed by atoms with van der Waals surface area (Å²) in [4.78, 5) is 0. The third-order valence-corrected chi connectivity index (χ3v) is 9.90. The summed E-state index contributed by atoms with van der Waals surface area (Å²) in [6, 6.07) is 15.7. The number of rotatable bonds is 2. The average Bonchev–Trinajstić information content (AvgIpc) is 3.13. The molecule has 0 aromatic heterocycles. The molecule has 0 radical (unpaired) electrons. The van der Waals surface area contributed by atoms with Crippen LogP contribution in [0.1, 0.15) is 17.5 Å². The van der Waals surface area contributed by atoms with Crippen molar-refractivity contribution in [3.63, 3.8) is 0 Å². The first-order valence-electron chi connectivity index (χ1n) is 7.10. The molecular weight excluding hydrogens is 319 g/mol. The van der Waals surface area contributed by atoms with Crippen molar-refractivity contribution in [3.05, 3.63) is 75.1 Å². The van der Waals surface area contributed by atoms with Gasteiger partial charge in [-0.3, -0.25) is 0 Å². The van der Waals surface area contributed by atoms with Gasteiger partial charge in [0.1, 0.15) is 0 Å². The molecule has 96 valence electrons. The second kappa shape index (κ2) is 4.90. The SMILES string of the molecule is [CH2]=[Zr]([C]1=CC=CC1)[c]1cccc2c1Cc1ccccc1-2. The molecule has 4 rings (SSSR count). The summed E-state index contributed by atoms with van der Waals surface area (Å²) in [5, 5.41) is 0. The van der Waals surface area contributed by atoms with E-state index in [1.165, 1.54) is 16.7 Å². The van der Waals surface area contributed by atoms with Gasteiger partial charge in [0.15, 0.2) is 0 Å². The molecule has 0 saturated heterocycles. The van der Waals surface area contributed by atoms with Gasteiger partial charge >= 0.3 is 128 Å². The third-order valence-electron chi connectivity index (χ3n) is 4.33. The molecule has 2 aromatic carbocycles. The molecule has 20 heavy (non-hydrogen) atoms. The van der Waals surface area contributed by atoms with Gasteiger partial charge in [0.25, 0.3) is 0 Å². The second-order valence-electron chi connectivity index (χ2n) is 5.47. The Morgan fingerprint density at radius 2 is 1.80 bits per heavy atom. The van der Waals surface area contributed by atoms with Crippen molar-refractivity contribution in [2.45, 2.75) is 12.8 Å². The first-order chi connectivity index (χ1) is 9.84. The van der Waals surface area contributed by atoms with Gasteiger partial charge in [-0.25, -0.2) is 0 Å². The van der Waals surface area contributed by atoms with Crippen LogP contribution in [0.25, 0.3) is 11.1 Å². The Kier molecular flexibility index (Phi) is 3.04. The van der Waals surface area contributed by atoms with Gasteiger partial charge in [-0.05, 0) is 0 Å². The van der Waals surface area contributed by atoms with E-state index in [1.807, 2.05) is 0 Å². The third kappa shape index (κ3) is 1.88. The van der Waals surface area contributed by atoms with Crippen LogP contribution in [0.15, 0.2) is 64.0 Å². The zero-order chi connectivity index (χ0) is 13.5. The summed E-state index contributed by atoms with van der Waals surface area (Å²) in [6.07, 6.45) is 9.00. The average molecular weight is 336 g/mol. The first kappa shape index (κ1) is 12.4. The van der Waals surface area contributed by atoms with Crippen molar-refractivity contribution in [3.8, 4) is 11.1 Å². The molecule has 0 fully saturated rings. The Bertz CT molecular complexity index is 778. The Morgan fingerprint density at radius 3 is 2.65 bits per heavy atom. The van der Waals surface area contributed by atoms with E-state index in [-0.39, 0.29) is 0 Å². The molecule has 0 N–H and O–H groups in total. The summed E-state index contributed by atoms with van der Waals surface area (Å²) in [6.45, 7) is 0. The normalized spacial score (nSPS) is 14.9. The summed E-state index contributed by atoms with van der Waals surface area (Å²) in [7, 11) is 0. The fourth-order valence-corrected chi connectivity index (χ4v) is 7.94. The van der Waals surface area contributed by atoms with Crippen molar-refractivity contribution in [1.82, 2.24) is 0 Å². The van der Waals surface area contributed by atoms with E-state index in [0.717, 1.165) is 12.8 Å². The minimum absolute atomic E-state index is 1.10. The van der Waals surface area contributed by atoms with Crippen molar-refractivity contribution in [2.75, 3.05) is 0 Å². The molecule has 0 aliphatic heterocycles. The molecule has 0 spiro atoms. The summed E-state index contributed by atoms with van der Waals surface area (Å²) < 4.78 is 7.83. The zero-order valence-corrected chi connectivity index (χ0v) is 13.9. The number of benzene rings is 2. The first-order valence-corrected chi connectivity index (χ1v) is 11.3. The zero-order valence-electron chi connectivity index (χ0n) is 11.4. The Balaban J connectivity index is 1.83. The van der Waals surface area contributed by atoms with Gasteiger partial charge in [-0.2, -0.15) is 0 Å². The van der Waals surface area contributed by atoms with Gasteiger partial charge in [0.05, 0.1) is 0 Å². The predicted molar refractivity (Wildman–Crippen MR) is 83.3 cm³/mol. The number of hydrogen-bond acceptors (Lipinski definition) is 0. The van der Waals surface area contributed by atoms with Crippen molar-refractivity contribution < 1.29 is 21.3 Å². The monoisotopic (exact) mass is 334 g/mol. The van der Waals surface area contributed by atoms with Gasteiger partial charge in [0.2, 0.25) is 0 Å². The molecule has 0 atom stereocenters. The topological polar surface area (TPSA) is 0 Å². The molecule has 0 heterocycles. The van der Waals surface area contributed by atoms with Crippen LogP contribution in [-0.4, -0.2) is 4.21 Å². The van der Waals surface area contributed by atoms with E-state index < -0.39 is 21.3 Å². The van der Waals surface area contributed by atoms with Crippen LogP contribution in [0.4, 0.5) is 0 Å². The van der Waals surface area contributed by atoms with Crippen LogP contribution in [-0.2, 0) is 27.7 Å². The Morgan fingerprint density at radius 1 is 0.950 bits per heavy atom. The van der Waals surface area contributed by atoms with Gasteiger partial charge in [0, 0.05) is 0 Å². The summed E-state index contributed by atoms with van der Waals surface area (Å²) in [5.74, 6) is 0. The quantitative estimate of drug-likeness (QED) is 0.669.